The zero-order valence-electron chi connectivity index (χ0n) is 20.0. The Hall–Kier alpha value is -3.46. The molecule has 1 aliphatic heterocycles. The van der Waals surface area contributed by atoms with Crippen LogP contribution in [0.25, 0.3) is 26.4 Å². The average molecular weight is 496 g/mol. The lowest BCUT2D eigenvalue weighted by Crippen LogP contribution is -2.36. The van der Waals surface area contributed by atoms with Crippen LogP contribution in [-0.2, 0) is 4.74 Å². The Labute approximate surface area is 205 Å². The second-order valence-electron chi connectivity index (χ2n) is 9.82. The lowest BCUT2D eigenvalue weighted by atomic mass is 10.0. The molecule has 1 fully saturated rings. The van der Waals surface area contributed by atoms with Crippen molar-refractivity contribution in [3.05, 3.63) is 59.0 Å². The smallest absolute Gasteiger partial charge is 0.410 e. The molecule has 3 heterocycles. The number of thiazole rings is 1. The summed E-state index contributed by atoms with van der Waals surface area (Å²) in [7, 11) is 0. The van der Waals surface area contributed by atoms with E-state index in [0.717, 1.165) is 34.3 Å². The van der Waals surface area contributed by atoms with Gasteiger partial charge < -0.3 is 14.7 Å². The van der Waals surface area contributed by atoms with Gasteiger partial charge in [0.1, 0.15) is 11.4 Å². The fourth-order valence-electron chi connectivity index (χ4n) is 4.68. The van der Waals surface area contributed by atoms with E-state index in [1.54, 1.807) is 29.2 Å². The number of aromatic carboxylic acids is 1. The molecule has 0 saturated carbocycles. The molecule has 4 aromatic rings. The first-order valence-corrected chi connectivity index (χ1v) is 12.3. The Morgan fingerprint density at radius 3 is 2.66 bits per heavy atom. The number of aryl methyl sites for hydroxylation is 1. The van der Waals surface area contributed by atoms with E-state index in [2.05, 4.69) is 4.98 Å². The van der Waals surface area contributed by atoms with Gasteiger partial charge in [0, 0.05) is 17.8 Å². The van der Waals surface area contributed by atoms with Crippen molar-refractivity contribution in [3.8, 4) is 11.3 Å². The first-order valence-electron chi connectivity index (χ1n) is 11.5. The number of amides is 1. The van der Waals surface area contributed by atoms with Crippen LogP contribution in [0.3, 0.4) is 0 Å². The number of likely N-dealkylation sites (tertiary alicyclic amines) is 1. The third-order valence-electron chi connectivity index (χ3n) is 6.24. The van der Waals surface area contributed by atoms with E-state index in [4.69, 9.17) is 4.74 Å². The van der Waals surface area contributed by atoms with Gasteiger partial charge in [0.15, 0.2) is 4.96 Å². The van der Waals surface area contributed by atoms with Crippen LogP contribution in [0.1, 0.15) is 61.3 Å². The number of halogens is 1. The number of carboxylic acid groups (broad SMARTS) is 1. The molecule has 0 bridgehead atoms. The lowest BCUT2D eigenvalue weighted by molar-refractivity contribution is 0.0224. The molecular formula is C26H26FN3O4S. The maximum atomic E-state index is 15.4. The van der Waals surface area contributed by atoms with E-state index in [-0.39, 0.29) is 17.7 Å². The van der Waals surface area contributed by atoms with E-state index < -0.39 is 17.4 Å². The number of aromatic nitrogens is 2. The van der Waals surface area contributed by atoms with Crippen LogP contribution in [-0.4, -0.2) is 43.6 Å². The van der Waals surface area contributed by atoms with Gasteiger partial charge in [0.05, 0.1) is 27.5 Å². The van der Waals surface area contributed by atoms with E-state index in [1.807, 2.05) is 38.2 Å². The number of fused-ring (bicyclic) bond motifs is 3. The van der Waals surface area contributed by atoms with Gasteiger partial charge in [0.2, 0.25) is 0 Å². The van der Waals surface area contributed by atoms with Crippen molar-refractivity contribution in [2.75, 3.05) is 6.54 Å². The summed E-state index contributed by atoms with van der Waals surface area (Å²) >= 11 is 1.37. The topological polar surface area (TPSA) is 84.1 Å². The summed E-state index contributed by atoms with van der Waals surface area (Å²) in [5, 5.41) is 9.26. The molecule has 1 N–H and O–H groups in total. The number of ether oxygens (including phenoxy) is 1. The van der Waals surface area contributed by atoms with Gasteiger partial charge >= 0.3 is 12.1 Å². The molecule has 1 aliphatic rings. The number of hydrogen-bond acceptors (Lipinski definition) is 5. The summed E-state index contributed by atoms with van der Waals surface area (Å²) in [4.78, 5) is 31.0. The van der Waals surface area contributed by atoms with Crippen LogP contribution in [0.15, 0.2) is 36.4 Å². The van der Waals surface area contributed by atoms with Gasteiger partial charge in [-0.15, -0.1) is 0 Å². The van der Waals surface area contributed by atoms with Gasteiger partial charge in [-0.2, -0.15) is 0 Å². The van der Waals surface area contributed by atoms with Crippen LogP contribution >= 0.6 is 11.3 Å². The van der Waals surface area contributed by atoms with Crippen LogP contribution in [0.4, 0.5) is 9.18 Å². The molecule has 0 spiro atoms. The van der Waals surface area contributed by atoms with E-state index in [9.17, 15) is 14.7 Å². The standard InChI is InChI=1S/C26H26FN3O4S/c1-14-22(28-24-30(14)20-10-8-16(23(31)32)13-21(20)35-24)17-9-7-15(12-18(17)27)19-6-5-11-29(19)25(33)34-26(2,3)4/h7-10,12-13,19H,5-6,11H2,1-4H3,(H,31,32). The highest BCUT2D eigenvalue weighted by atomic mass is 32.1. The maximum absolute atomic E-state index is 15.4. The number of rotatable bonds is 3. The number of nitrogens with zero attached hydrogens (tertiary/aromatic N) is 3. The zero-order valence-corrected chi connectivity index (χ0v) is 20.8. The normalized spacial score (nSPS) is 16.4. The highest BCUT2D eigenvalue weighted by Gasteiger charge is 2.33. The zero-order chi connectivity index (χ0) is 25.1. The Balaban J connectivity index is 1.48. The average Bonchev–Trinajstić information content (AvgIpc) is 3.47. The third kappa shape index (κ3) is 4.14. The van der Waals surface area contributed by atoms with Gasteiger partial charge in [-0.3, -0.25) is 4.40 Å². The first kappa shape index (κ1) is 23.3. The van der Waals surface area contributed by atoms with E-state index in [0.29, 0.717) is 22.8 Å². The molecular weight excluding hydrogens is 469 g/mol. The van der Waals surface area contributed by atoms with E-state index in [1.165, 1.54) is 17.4 Å². The number of hydrogen-bond donors (Lipinski definition) is 1. The summed E-state index contributed by atoms with van der Waals surface area (Å²) in [5.41, 5.74) is 2.90. The Morgan fingerprint density at radius 2 is 1.97 bits per heavy atom. The van der Waals surface area contributed by atoms with Crippen molar-refractivity contribution in [2.24, 2.45) is 0 Å². The molecule has 1 unspecified atom stereocenters. The van der Waals surface area contributed by atoms with Gasteiger partial charge in [0.25, 0.3) is 0 Å². The molecule has 1 amide bonds. The van der Waals surface area contributed by atoms with Gasteiger partial charge in [-0.25, -0.2) is 19.0 Å². The van der Waals surface area contributed by atoms with Gasteiger partial charge in [-0.05, 0) is 76.4 Å². The van der Waals surface area contributed by atoms with Crippen molar-refractivity contribution >= 4 is 38.6 Å². The van der Waals surface area contributed by atoms with Gasteiger partial charge in [-0.1, -0.05) is 17.4 Å². The highest BCUT2D eigenvalue weighted by molar-refractivity contribution is 7.23. The summed E-state index contributed by atoms with van der Waals surface area (Å²) in [6, 6.07) is 9.79. The quantitative estimate of drug-likeness (QED) is 0.354. The Bertz CT molecular complexity index is 1480. The summed E-state index contributed by atoms with van der Waals surface area (Å²) in [6.45, 7) is 7.95. The Kier molecular flexibility index (Phi) is 5.55. The number of benzene rings is 2. The van der Waals surface area contributed by atoms with E-state index >= 15 is 4.39 Å². The van der Waals surface area contributed by atoms with Crippen LogP contribution in [0.2, 0.25) is 0 Å². The largest absolute Gasteiger partial charge is 0.478 e. The fourth-order valence-corrected chi connectivity index (χ4v) is 5.79. The summed E-state index contributed by atoms with van der Waals surface area (Å²) < 4.78 is 23.7. The number of imidazole rings is 1. The molecule has 35 heavy (non-hydrogen) atoms. The van der Waals surface area contributed by atoms with Crippen LogP contribution in [0, 0.1) is 12.7 Å². The van der Waals surface area contributed by atoms with Crippen molar-refractivity contribution in [1.82, 2.24) is 14.3 Å². The van der Waals surface area contributed by atoms with Crippen molar-refractivity contribution in [2.45, 2.75) is 52.2 Å². The highest BCUT2D eigenvalue weighted by Crippen LogP contribution is 2.37. The monoisotopic (exact) mass is 495 g/mol. The number of carboxylic acids is 1. The number of carbonyl (C=O) groups excluding carboxylic acids is 1. The Morgan fingerprint density at radius 1 is 1.20 bits per heavy atom. The fraction of sp³-hybridized carbons (Fsp3) is 0.346. The molecule has 9 heteroatoms. The van der Waals surface area contributed by atoms with Crippen molar-refractivity contribution in [3.63, 3.8) is 0 Å². The van der Waals surface area contributed by atoms with Crippen LogP contribution in [0.5, 0.6) is 0 Å². The molecule has 7 nitrogen and oxygen atoms in total. The minimum atomic E-state index is -0.981. The molecule has 182 valence electrons. The van der Waals surface area contributed by atoms with Crippen molar-refractivity contribution in [1.29, 1.82) is 0 Å². The summed E-state index contributed by atoms with van der Waals surface area (Å²) in [5.74, 6) is -1.38. The second-order valence-corrected chi connectivity index (χ2v) is 10.8. The predicted molar refractivity (Wildman–Crippen MR) is 133 cm³/mol. The minimum Gasteiger partial charge on any atom is -0.478 e. The minimum absolute atomic E-state index is 0.217. The molecule has 1 atom stereocenters. The molecule has 0 aliphatic carbocycles. The first-order chi connectivity index (χ1) is 16.5. The maximum Gasteiger partial charge on any atom is 0.410 e. The molecule has 1 saturated heterocycles. The molecule has 2 aromatic heterocycles. The molecule has 2 aromatic carbocycles. The van der Waals surface area contributed by atoms with Crippen molar-refractivity contribution < 1.29 is 23.8 Å². The second kappa shape index (κ2) is 8.34. The third-order valence-corrected chi connectivity index (χ3v) is 7.24. The lowest BCUT2D eigenvalue weighted by Gasteiger charge is -2.29. The molecule has 0 radical (unpaired) electrons. The number of carbonyl (C=O) groups is 2. The SMILES string of the molecule is Cc1c(-c2ccc(C3CCCN3C(=O)OC(C)(C)C)cc2F)nc2sc3cc(C(=O)O)ccc3n12. The predicted octanol–water partition coefficient (Wildman–Crippen LogP) is 6.43. The molecule has 5 rings (SSSR count). The van der Waals surface area contributed by atoms with Crippen LogP contribution < -0.4 is 0 Å². The summed E-state index contributed by atoms with van der Waals surface area (Å²) in [6.07, 6.45) is 1.20.